The number of nitriles is 1. The highest BCUT2D eigenvalue weighted by atomic mass is 32.2. The molecule has 1 aliphatic heterocycles. The smallest absolute Gasteiger partial charge is 0.307 e. The van der Waals surface area contributed by atoms with E-state index in [0.717, 1.165) is 12.1 Å². The molecule has 0 saturated carbocycles. The van der Waals surface area contributed by atoms with Crippen molar-refractivity contribution in [3.63, 3.8) is 0 Å². The lowest BCUT2D eigenvalue weighted by Gasteiger charge is -2.09. The van der Waals surface area contributed by atoms with Gasteiger partial charge in [0.1, 0.15) is 10.7 Å². The van der Waals surface area contributed by atoms with Crippen molar-refractivity contribution in [2.75, 3.05) is 0 Å². The number of aliphatic carboxylic acids is 1. The van der Waals surface area contributed by atoms with Crippen molar-refractivity contribution in [3.8, 4) is 6.07 Å². The van der Waals surface area contributed by atoms with E-state index >= 15 is 0 Å². The van der Waals surface area contributed by atoms with E-state index in [1.54, 1.807) is 6.92 Å². The lowest BCUT2D eigenvalue weighted by atomic mass is 10.0. The maximum absolute atomic E-state index is 14.6. The Balaban J connectivity index is 2.40. The van der Waals surface area contributed by atoms with Crippen LogP contribution in [0, 0.1) is 17.1 Å². The highest BCUT2D eigenvalue weighted by Gasteiger charge is 2.29. The van der Waals surface area contributed by atoms with Gasteiger partial charge < -0.3 is 5.11 Å². The number of carboxylic acids is 1. The summed E-state index contributed by atoms with van der Waals surface area (Å²) in [4.78, 5) is 14.6. The van der Waals surface area contributed by atoms with E-state index in [-0.39, 0.29) is 26.6 Å². The van der Waals surface area contributed by atoms with Crippen LogP contribution >= 0.6 is 0 Å². The number of sulfone groups is 1. The van der Waals surface area contributed by atoms with Crippen LogP contribution < -0.4 is 10.6 Å². The van der Waals surface area contributed by atoms with Crippen molar-refractivity contribution < 1.29 is 22.7 Å². The average Bonchev–Trinajstić information content (AvgIpc) is 2.90. The molecule has 1 unspecified atom stereocenters. The molecule has 1 atom stereocenters. The third-order valence-corrected chi connectivity index (χ3v) is 5.94. The molecule has 0 bridgehead atoms. The minimum Gasteiger partial charge on any atom is -0.481 e. The molecule has 8 heteroatoms. The molecule has 0 radical (unpaired) electrons. The zero-order valence-corrected chi connectivity index (χ0v) is 14.4. The van der Waals surface area contributed by atoms with Crippen LogP contribution in [0.25, 0.3) is 5.57 Å². The summed E-state index contributed by atoms with van der Waals surface area (Å²) in [5, 5.41) is 18.3. The van der Waals surface area contributed by atoms with Gasteiger partial charge in [-0.05, 0) is 42.8 Å². The Morgan fingerprint density at radius 2 is 2.08 bits per heavy atom. The summed E-state index contributed by atoms with van der Waals surface area (Å²) in [7, 11) is -4.32. The number of fused-ring (bicyclic) bond motifs is 1. The van der Waals surface area contributed by atoms with Crippen molar-refractivity contribution in [1.82, 2.24) is 0 Å². The maximum Gasteiger partial charge on any atom is 0.307 e. The molecule has 0 amide bonds. The van der Waals surface area contributed by atoms with Crippen LogP contribution in [0.2, 0.25) is 0 Å². The number of carbonyl (C=O) groups is 1. The Hall–Kier alpha value is -3.05. The van der Waals surface area contributed by atoms with E-state index in [2.05, 4.69) is 4.99 Å². The number of carboxylic acid groups (broad SMARTS) is 1. The molecular weight excluding hydrogens is 359 g/mol. The number of hydrogen-bond donors (Lipinski definition) is 1. The van der Waals surface area contributed by atoms with Gasteiger partial charge in [-0.15, -0.1) is 0 Å². The van der Waals surface area contributed by atoms with Gasteiger partial charge in [-0.25, -0.2) is 12.8 Å². The van der Waals surface area contributed by atoms with E-state index < -0.39 is 39.0 Å². The molecule has 0 fully saturated rings. The molecule has 0 spiro atoms. The second-order valence-corrected chi connectivity index (χ2v) is 7.70. The van der Waals surface area contributed by atoms with Gasteiger partial charge in [0, 0.05) is 5.22 Å². The van der Waals surface area contributed by atoms with Crippen molar-refractivity contribution in [3.05, 3.63) is 58.4 Å². The van der Waals surface area contributed by atoms with Gasteiger partial charge in [-0.1, -0.05) is 6.07 Å². The normalized spacial score (nSPS) is 15.9. The zero-order valence-electron chi connectivity index (χ0n) is 13.6. The summed E-state index contributed by atoms with van der Waals surface area (Å²) in [6.45, 7) is 1.63. The van der Waals surface area contributed by atoms with Crippen LogP contribution in [0.5, 0.6) is 0 Å². The summed E-state index contributed by atoms with van der Waals surface area (Å²) >= 11 is 0. The van der Waals surface area contributed by atoms with Crippen LogP contribution in [0.1, 0.15) is 18.9 Å². The molecule has 0 aromatic heterocycles. The van der Waals surface area contributed by atoms with Crippen LogP contribution in [0.15, 0.2) is 51.2 Å². The number of nitrogens with zero attached hydrogens (tertiary/aromatic N) is 2. The third-order valence-electron chi connectivity index (χ3n) is 4.13. The van der Waals surface area contributed by atoms with Crippen molar-refractivity contribution in [1.29, 1.82) is 5.26 Å². The summed E-state index contributed by atoms with van der Waals surface area (Å²) in [6.07, 6.45) is -0.443. The molecule has 3 rings (SSSR count). The Morgan fingerprint density at radius 1 is 1.35 bits per heavy atom. The fourth-order valence-electron chi connectivity index (χ4n) is 2.97. The Kier molecular flexibility index (Phi) is 4.34. The first-order valence-electron chi connectivity index (χ1n) is 7.62. The van der Waals surface area contributed by atoms with Crippen molar-refractivity contribution in [2.45, 2.75) is 29.2 Å². The SMILES string of the molecule is CC1N=c2ccc(F)c(S(=O)(=O)c3cccc(C#N)c3)c2=C1CC(=O)O. The quantitative estimate of drug-likeness (QED) is 0.867. The van der Waals surface area contributed by atoms with E-state index in [0.29, 0.717) is 0 Å². The molecule has 0 aliphatic carbocycles. The van der Waals surface area contributed by atoms with E-state index in [9.17, 15) is 17.6 Å². The average molecular weight is 372 g/mol. The van der Waals surface area contributed by atoms with Gasteiger partial charge in [0.2, 0.25) is 9.84 Å². The standard InChI is InChI=1S/C18H13FN2O4S/c1-10-13(8-16(22)23)17-15(21-10)6-5-14(19)18(17)26(24,25)12-4-2-3-11(7-12)9-20/h2-7,10H,8H2,1H3,(H,22,23). The van der Waals surface area contributed by atoms with Crippen LogP contribution in [0.4, 0.5) is 4.39 Å². The van der Waals surface area contributed by atoms with Gasteiger partial charge in [-0.3, -0.25) is 9.79 Å². The fraction of sp³-hybridized carbons (Fsp3) is 0.167. The van der Waals surface area contributed by atoms with Gasteiger partial charge in [0.25, 0.3) is 0 Å². The van der Waals surface area contributed by atoms with E-state index in [4.69, 9.17) is 10.4 Å². The first kappa shape index (κ1) is 17.8. The monoisotopic (exact) mass is 372 g/mol. The first-order valence-corrected chi connectivity index (χ1v) is 9.10. The van der Waals surface area contributed by atoms with Crippen molar-refractivity contribution in [2.24, 2.45) is 4.99 Å². The number of hydrogen-bond acceptors (Lipinski definition) is 5. The van der Waals surface area contributed by atoms with Gasteiger partial charge >= 0.3 is 5.97 Å². The zero-order chi connectivity index (χ0) is 19.1. The van der Waals surface area contributed by atoms with E-state index in [1.165, 1.54) is 24.3 Å². The summed E-state index contributed by atoms with van der Waals surface area (Å²) in [5.41, 5.74) is 0.355. The predicted octanol–water partition coefficient (Wildman–Crippen LogP) is 1.18. The molecule has 26 heavy (non-hydrogen) atoms. The maximum atomic E-state index is 14.6. The van der Waals surface area contributed by atoms with Gasteiger partial charge in [-0.2, -0.15) is 5.26 Å². The molecule has 132 valence electrons. The largest absolute Gasteiger partial charge is 0.481 e. The lowest BCUT2D eigenvalue weighted by Crippen LogP contribution is -2.32. The third kappa shape index (κ3) is 2.86. The minimum atomic E-state index is -4.32. The Labute approximate surface area is 148 Å². The number of halogens is 1. The first-order chi connectivity index (χ1) is 12.3. The lowest BCUT2D eigenvalue weighted by molar-refractivity contribution is -0.135. The van der Waals surface area contributed by atoms with Gasteiger partial charge in [0.15, 0.2) is 0 Å². The minimum absolute atomic E-state index is 0.00209. The number of benzene rings is 2. The molecule has 6 nitrogen and oxygen atoms in total. The molecule has 0 saturated heterocycles. The van der Waals surface area contributed by atoms with Crippen LogP contribution in [-0.2, 0) is 14.6 Å². The van der Waals surface area contributed by atoms with Crippen LogP contribution in [0.3, 0.4) is 0 Å². The molecule has 2 aromatic rings. The Bertz CT molecular complexity index is 1200. The molecule has 1 heterocycles. The molecule has 1 aliphatic rings. The van der Waals surface area contributed by atoms with Gasteiger partial charge in [0.05, 0.1) is 34.3 Å². The Morgan fingerprint density at radius 3 is 2.73 bits per heavy atom. The highest BCUT2D eigenvalue weighted by molar-refractivity contribution is 7.91. The molecular formula is C18H13FN2O4S. The summed E-state index contributed by atoms with van der Waals surface area (Å²) < 4.78 is 40.7. The molecule has 1 N–H and O–H groups in total. The summed E-state index contributed by atoms with van der Waals surface area (Å²) in [5.74, 6) is -2.15. The highest BCUT2D eigenvalue weighted by Crippen LogP contribution is 2.23. The molecule has 2 aromatic carbocycles. The van der Waals surface area contributed by atoms with E-state index in [1.807, 2.05) is 6.07 Å². The second-order valence-electron chi connectivity index (χ2n) is 5.81. The topological polar surface area (TPSA) is 108 Å². The number of rotatable bonds is 4. The van der Waals surface area contributed by atoms with Crippen LogP contribution in [-0.4, -0.2) is 25.5 Å². The summed E-state index contributed by atoms with van der Waals surface area (Å²) in [6, 6.07) is 8.85. The van der Waals surface area contributed by atoms with Crippen molar-refractivity contribution >= 4 is 21.4 Å². The fourth-order valence-corrected chi connectivity index (χ4v) is 4.58. The predicted molar refractivity (Wildman–Crippen MR) is 88.9 cm³/mol. The second kappa shape index (κ2) is 6.35.